The first-order chi connectivity index (χ1) is 12.5. The molecule has 1 N–H and O–H groups in total. The van der Waals surface area contributed by atoms with E-state index in [-0.39, 0.29) is 6.42 Å². The minimum absolute atomic E-state index is 0.193. The Morgan fingerprint density at radius 2 is 1.69 bits per heavy atom. The molecule has 2 rings (SSSR count). The van der Waals surface area contributed by atoms with Gasteiger partial charge in [-0.15, -0.1) is 0 Å². The molecule has 0 aromatic heterocycles. The first-order valence-electron chi connectivity index (χ1n) is 8.29. The highest BCUT2D eigenvalue weighted by Crippen LogP contribution is 2.23. The van der Waals surface area contributed by atoms with Gasteiger partial charge in [-0.25, -0.2) is 0 Å². The molecule has 2 aromatic rings. The number of carbonyl (C=O) groups excluding carboxylic acids is 2. The normalized spacial score (nSPS) is 11.3. The number of anilines is 1. The van der Waals surface area contributed by atoms with Crippen LogP contribution in [0.3, 0.4) is 0 Å². The zero-order valence-corrected chi connectivity index (χ0v) is 15.2. The molecule has 26 heavy (non-hydrogen) atoms. The van der Waals surface area contributed by atoms with Crippen molar-refractivity contribution in [2.75, 3.05) is 19.5 Å². The van der Waals surface area contributed by atoms with Crippen molar-refractivity contribution >= 4 is 17.6 Å². The highest BCUT2D eigenvalue weighted by molar-refractivity contribution is 5.96. The van der Waals surface area contributed by atoms with Crippen LogP contribution >= 0.6 is 0 Å². The van der Waals surface area contributed by atoms with Gasteiger partial charge in [0.25, 0.3) is 5.91 Å². The molecule has 0 fully saturated rings. The Morgan fingerprint density at radius 3 is 2.35 bits per heavy atom. The highest BCUT2D eigenvalue weighted by Gasteiger charge is 2.19. The number of benzene rings is 2. The van der Waals surface area contributed by atoms with Crippen LogP contribution in [0.25, 0.3) is 0 Å². The molecule has 0 aliphatic rings. The summed E-state index contributed by atoms with van der Waals surface area (Å²) in [6.45, 7) is 1.54. The Balaban J connectivity index is 1.82. The summed E-state index contributed by atoms with van der Waals surface area (Å²) in [5.41, 5.74) is 1.52. The summed E-state index contributed by atoms with van der Waals surface area (Å²) in [6, 6.07) is 14.5. The maximum Gasteiger partial charge on any atom is 0.306 e. The number of hydrogen-bond donors (Lipinski definition) is 1. The van der Waals surface area contributed by atoms with E-state index in [1.54, 1.807) is 31.4 Å². The average Bonchev–Trinajstić information content (AvgIpc) is 2.67. The minimum Gasteiger partial charge on any atom is -0.497 e. The number of methoxy groups -OCH3 is 2. The number of para-hydroxylation sites is 2. The number of amides is 1. The van der Waals surface area contributed by atoms with E-state index in [1.165, 1.54) is 14.0 Å². The average molecular weight is 357 g/mol. The van der Waals surface area contributed by atoms with Crippen LogP contribution in [0.5, 0.6) is 11.5 Å². The van der Waals surface area contributed by atoms with E-state index in [4.69, 9.17) is 14.2 Å². The molecule has 0 radical (unpaired) electrons. The second-order valence-corrected chi connectivity index (χ2v) is 5.67. The second kappa shape index (κ2) is 9.46. The fourth-order valence-corrected chi connectivity index (χ4v) is 2.33. The Hall–Kier alpha value is -3.02. The first kappa shape index (κ1) is 19.3. The molecule has 0 unspecified atom stereocenters. The molecule has 0 spiro atoms. The van der Waals surface area contributed by atoms with Gasteiger partial charge in [0, 0.05) is 6.42 Å². The van der Waals surface area contributed by atoms with Crippen molar-refractivity contribution in [2.45, 2.75) is 25.9 Å². The molecular formula is C20H23NO5. The van der Waals surface area contributed by atoms with Gasteiger partial charge in [-0.05, 0) is 43.2 Å². The number of nitrogens with one attached hydrogen (secondary N) is 1. The van der Waals surface area contributed by atoms with Crippen LogP contribution in [-0.4, -0.2) is 32.2 Å². The van der Waals surface area contributed by atoms with E-state index in [9.17, 15) is 9.59 Å². The zero-order chi connectivity index (χ0) is 18.9. The van der Waals surface area contributed by atoms with Gasteiger partial charge in [0.15, 0.2) is 6.10 Å². The number of carbonyl (C=O) groups is 2. The lowest BCUT2D eigenvalue weighted by Crippen LogP contribution is -2.30. The van der Waals surface area contributed by atoms with Crippen LogP contribution in [0, 0.1) is 0 Å². The number of rotatable bonds is 8. The smallest absolute Gasteiger partial charge is 0.306 e. The third kappa shape index (κ3) is 5.51. The van der Waals surface area contributed by atoms with Crippen molar-refractivity contribution in [3.63, 3.8) is 0 Å². The summed E-state index contributed by atoms with van der Waals surface area (Å²) in [4.78, 5) is 24.2. The quantitative estimate of drug-likeness (QED) is 0.735. The van der Waals surface area contributed by atoms with E-state index in [1.807, 2.05) is 24.3 Å². The van der Waals surface area contributed by atoms with Gasteiger partial charge >= 0.3 is 5.97 Å². The molecule has 6 heteroatoms. The summed E-state index contributed by atoms with van der Waals surface area (Å²) < 4.78 is 15.5. The van der Waals surface area contributed by atoms with E-state index >= 15 is 0 Å². The molecule has 0 bridgehead atoms. The molecule has 1 atom stereocenters. The molecule has 0 saturated heterocycles. The van der Waals surface area contributed by atoms with E-state index in [0.29, 0.717) is 17.9 Å². The predicted octanol–water partition coefficient (Wildman–Crippen LogP) is 3.21. The highest BCUT2D eigenvalue weighted by atomic mass is 16.5. The lowest BCUT2D eigenvalue weighted by molar-refractivity contribution is -0.153. The van der Waals surface area contributed by atoms with Crippen LogP contribution < -0.4 is 14.8 Å². The fourth-order valence-electron chi connectivity index (χ4n) is 2.33. The summed E-state index contributed by atoms with van der Waals surface area (Å²) in [5, 5.41) is 2.70. The van der Waals surface area contributed by atoms with Crippen molar-refractivity contribution in [1.82, 2.24) is 0 Å². The summed E-state index contributed by atoms with van der Waals surface area (Å²) in [6.07, 6.45) is -0.175. The van der Waals surface area contributed by atoms with Crippen LogP contribution in [0.2, 0.25) is 0 Å². The van der Waals surface area contributed by atoms with E-state index in [0.717, 1.165) is 11.3 Å². The third-order valence-electron chi connectivity index (χ3n) is 3.82. The van der Waals surface area contributed by atoms with Crippen LogP contribution in [0.15, 0.2) is 48.5 Å². The van der Waals surface area contributed by atoms with Crippen molar-refractivity contribution in [3.05, 3.63) is 54.1 Å². The van der Waals surface area contributed by atoms with Gasteiger partial charge in [-0.1, -0.05) is 24.3 Å². The molecule has 0 heterocycles. The number of hydrogen-bond acceptors (Lipinski definition) is 5. The van der Waals surface area contributed by atoms with Crippen LogP contribution in [0.1, 0.15) is 18.9 Å². The molecule has 0 aliphatic carbocycles. The standard InChI is InChI=1S/C20H23NO5/c1-14(20(23)21-17-6-4-5-7-18(17)25-3)26-19(22)13-10-15-8-11-16(24-2)12-9-15/h4-9,11-12,14H,10,13H2,1-3H3,(H,21,23)/t14-/m0/s1. The summed E-state index contributed by atoms with van der Waals surface area (Å²) in [5.74, 6) is 0.465. The van der Waals surface area contributed by atoms with E-state index in [2.05, 4.69) is 5.32 Å². The van der Waals surface area contributed by atoms with Crippen LogP contribution in [0.4, 0.5) is 5.69 Å². The van der Waals surface area contributed by atoms with E-state index < -0.39 is 18.0 Å². The maximum atomic E-state index is 12.2. The second-order valence-electron chi connectivity index (χ2n) is 5.67. The monoisotopic (exact) mass is 357 g/mol. The largest absolute Gasteiger partial charge is 0.497 e. The maximum absolute atomic E-state index is 12.2. The van der Waals surface area contributed by atoms with Crippen molar-refractivity contribution in [1.29, 1.82) is 0 Å². The lowest BCUT2D eigenvalue weighted by atomic mass is 10.1. The van der Waals surface area contributed by atoms with Gasteiger partial charge in [0.2, 0.25) is 0 Å². The molecule has 0 saturated carbocycles. The Kier molecular flexibility index (Phi) is 7.02. The number of aryl methyl sites for hydroxylation is 1. The molecular weight excluding hydrogens is 334 g/mol. The number of ether oxygens (including phenoxy) is 3. The summed E-state index contributed by atoms with van der Waals surface area (Å²) >= 11 is 0. The molecule has 0 aliphatic heterocycles. The molecule has 6 nitrogen and oxygen atoms in total. The molecule has 138 valence electrons. The minimum atomic E-state index is -0.900. The SMILES string of the molecule is COc1ccc(CCC(=O)O[C@@H](C)C(=O)Nc2ccccc2OC)cc1. The first-order valence-corrected chi connectivity index (χ1v) is 8.29. The summed E-state index contributed by atoms with van der Waals surface area (Å²) in [7, 11) is 3.12. The Bertz CT molecular complexity index is 742. The van der Waals surface area contributed by atoms with Gasteiger partial charge in [-0.3, -0.25) is 9.59 Å². The Labute approximate surface area is 153 Å². The zero-order valence-electron chi connectivity index (χ0n) is 15.2. The topological polar surface area (TPSA) is 73.9 Å². The van der Waals surface area contributed by atoms with Crippen LogP contribution in [-0.2, 0) is 20.7 Å². The third-order valence-corrected chi connectivity index (χ3v) is 3.82. The van der Waals surface area contributed by atoms with Gasteiger partial charge < -0.3 is 19.5 Å². The van der Waals surface area contributed by atoms with Crippen molar-refractivity contribution in [2.24, 2.45) is 0 Å². The van der Waals surface area contributed by atoms with Crippen molar-refractivity contribution in [3.8, 4) is 11.5 Å². The molecule has 1 amide bonds. The fraction of sp³-hybridized carbons (Fsp3) is 0.300. The Morgan fingerprint density at radius 1 is 1.00 bits per heavy atom. The van der Waals surface area contributed by atoms with Crippen molar-refractivity contribution < 1.29 is 23.8 Å². The van der Waals surface area contributed by atoms with Gasteiger partial charge in [0.05, 0.1) is 19.9 Å². The molecule has 2 aromatic carbocycles. The predicted molar refractivity (Wildman–Crippen MR) is 98.5 cm³/mol. The number of esters is 1. The van der Waals surface area contributed by atoms with Gasteiger partial charge in [0.1, 0.15) is 11.5 Å². The van der Waals surface area contributed by atoms with Gasteiger partial charge in [-0.2, -0.15) is 0 Å². The lowest BCUT2D eigenvalue weighted by Gasteiger charge is -2.15.